The Morgan fingerprint density at radius 1 is 1.26 bits per heavy atom. The van der Waals surface area contributed by atoms with Crippen molar-refractivity contribution in [1.82, 2.24) is 31.5 Å². The Kier molecular flexibility index (Phi) is 6.10. The fourth-order valence-electron chi connectivity index (χ4n) is 3.02. The highest BCUT2D eigenvalue weighted by molar-refractivity contribution is 5.95. The Labute approximate surface area is 158 Å². The molecule has 3 rings (SSSR count). The lowest BCUT2D eigenvalue weighted by atomic mass is 10.0. The third-order valence-corrected chi connectivity index (χ3v) is 4.62. The molecule has 4 N–H and O–H groups in total. The lowest BCUT2D eigenvalue weighted by Gasteiger charge is -2.14. The largest absolute Gasteiger partial charge is 0.355 e. The van der Waals surface area contributed by atoms with E-state index in [9.17, 15) is 9.59 Å². The maximum Gasteiger partial charge on any atom is 0.254 e. The van der Waals surface area contributed by atoms with Gasteiger partial charge in [0.1, 0.15) is 0 Å². The molecule has 1 aromatic heterocycles. The van der Waals surface area contributed by atoms with Gasteiger partial charge in [-0.15, -0.1) is 0 Å². The summed E-state index contributed by atoms with van der Waals surface area (Å²) in [5.41, 5.74) is 7.92. The second kappa shape index (κ2) is 8.70. The molecule has 1 saturated heterocycles. The van der Waals surface area contributed by atoms with Crippen LogP contribution in [0.5, 0.6) is 0 Å². The van der Waals surface area contributed by atoms with Crippen molar-refractivity contribution in [2.24, 2.45) is 5.92 Å². The van der Waals surface area contributed by atoms with E-state index < -0.39 is 0 Å². The van der Waals surface area contributed by atoms with Crippen molar-refractivity contribution in [3.63, 3.8) is 0 Å². The first kappa shape index (κ1) is 18.9. The van der Waals surface area contributed by atoms with Gasteiger partial charge in [0.25, 0.3) is 5.91 Å². The number of carbonyl (C=O) groups excluding carboxylic acids is 2. The van der Waals surface area contributed by atoms with Crippen molar-refractivity contribution in [3.8, 4) is 11.4 Å². The average Bonchev–Trinajstić information content (AvgIpc) is 3.14. The molecule has 0 aliphatic carbocycles. The molecule has 8 heteroatoms. The van der Waals surface area contributed by atoms with Gasteiger partial charge in [0.05, 0.1) is 17.2 Å². The minimum atomic E-state index is -0.242. The Morgan fingerprint density at radius 2 is 2.04 bits per heavy atom. The maximum absolute atomic E-state index is 12.3. The van der Waals surface area contributed by atoms with Crippen LogP contribution in [0, 0.1) is 5.92 Å². The number of rotatable bonds is 6. The molecule has 2 heterocycles. The Balaban J connectivity index is 1.73. The normalized spacial score (nSPS) is 18.9. The summed E-state index contributed by atoms with van der Waals surface area (Å²) in [6.07, 6.45) is 1.98. The number of amides is 2. The molecule has 0 bridgehead atoms. The van der Waals surface area contributed by atoms with Gasteiger partial charge in [-0.2, -0.15) is 0 Å². The number of nitrogens with zero attached hydrogens (tertiary/aromatic N) is 2. The zero-order chi connectivity index (χ0) is 19.2. The van der Waals surface area contributed by atoms with Crippen molar-refractivity contribution in [1.29, 1.82) is 0 Å². The zero-order valence-corrected chi connectivity index (χ0v) is 15.5. The van der Waals surface area contributed by atoms with Gasteiger partial charge in [-0.1, -0.05) is 30.3 Å². The van der Waals surface area contributed by atoms with Crippen LogP contribution < -0.4 is 21.5 Å². The molecular formula is C19H24N6O2. The summed E-state index contributed by atoms with van der Waals surface area (Å²) in [7, 11) is 1.57. The SMILES string of the molecule is CNC(=O)c1cnc(-c2ccccc2)nc1CCNC(=O)C1CNNC1C. The number of carbonyl (C=O) groups is 2. The van der Waals surface area contributed by atoms with Crippen LogP contribution in [-0.4, -0.2) is 48.0 Å². The second-order valence-corrected chi connectivity index (χ2v) is 6.46. The molecule has 27 heavy (non-hydrogen) atoms. The first-order valence-corrected chi connectivity index (χ1v) is 8.99. The van der Waals surface area contributed by atoms with Crippen LogP contribution in [0.2, 0.25) is 0 Å². The number of hydrazine groups is 1. The molecule has 8 nitrogen and oxygen atoms in total. The van der Waals surface area contributed by atoms with Crippen molar-refractivity contribution in [2.45, 2.75) is 19.4 Å². The third-order valence-electron chi connectivity index (χ3n) is 4.62. The fraction of sp³-hybridized carbons (Fsp3) is 0.368. The van der Waals surface area contributed by atoms with Crippen molar-refractivity contribution < 1.29 is 9.59 Å². The van der Waals surface area contributed by atoms with Crippen LogP contribution >= 0.6 is 0 Å². The van der Waals surface area contributed by atoms with Gasteiger partial charge >= 0.3 is 0 Å². The predicted molar refractivity (Wildman–Crippen MR) is 102 cm³/mol. The predicted octanol–water partition coefficient (Wildman–Crippen LogP) is 0.274. The fourth-order valence-corrected chi connectivity index (χ4v) is 3.02. The Morgan fingerprint density at radius 3 is 2.70 bits per heavy atom. The van der Waals surface area contributed by atoms with E-state index in [1.165, 1.54) is 6.20 Å². The van der Waals surface area contributed by atoms with Gasteiger partial charge in [0.2, 0.25) is 5.91 Å². The van der Waals surface area contributed by atoms with E-state index >= 15 is 0 Å². The van der Waals surface area contributed by atoms with Gasteiger partial charge in [0.15, 0.2) is 5.82 Å². The molecule has 1 aromatic carbocycles. The van der Waals surface area contributed by atoms with E-state index in [0.717, 1.165) is 5.56 Å². The topological polar surface area (TPSA) is 108 Å². The van der Waals surface area contributed by atoms with Gasteiger partial charge in [-0.3, -0.25) is 20.4 Å². The molecule has 2 atom stereocenters. The van der Waals surface area contributed by atoms with Gasteiger partial charge < -0.3 is 10.6 Å². The molecule has 2 amide bonds. The summed E-state index contributed by atoms with van der Waals surface area (Å²) >= 11 is 0. The highest BCUT2D eigenvalue weighted by atomic mass is 16.2. The van der Waals surface area contributed by atoms with Crippen molar-refractivity contribution >= 4 is 11.8 Å². The molecule has 0 radical (unpaired) electrons. The van der Waals surface area contributed by atoms with Gasteiger partial charge in [0, 0.05) is 44.4 Å². The van der Waals surface area contributed by atoms with E-state index in [1.807, 2.05) is 37.3 Å². The molecule has 2 aromatic rings. The number of nitrogens with one attached hydrogen (secondary N) is 4. The van der Waals surface area contributed by atoms with Crippen LogP contribution in [0.25, 0.3) is 11.4 Å². The Hall–Kier alpha value is -2.84. The highest BCUT2D eigenvalue weighted by Crippen LogP contribution is 2.16. The summed E-state index contributed by atoms with van der Waals surface area (Å²) in [4.78, 5) is 33.3. The summed E-state index contributed by atoms with van der Waals surface area (Å²) in [5, 5.41) is 5.54. The number of aromatic nitrogens is 2. The first-order chi connectivity index (χ1) is 13.1. The minimum absolute atomic E-state index is 0.0150. The van der Waals surface area contributed by atoms with Crippen LogP contribution in [0.3, 0.4) is 0 Å². The number of hydrogen-bond acceptors (Lipinski definition) is 6. The Bertz CT molecular complexity index is 811. The second-order valence-electron chi connectivity index (χ2n) is 6.46. The number of benzene rings is 1. The lowest BCUT2D eigenvalue weighted by molar-refractivity contribution is -0.124. The summed E-state index contributed by atoms with van der Waals surface area (Å²) in [6.45, 7) is 2.96. The molecule has 142 valence electrons. The van der Waals surface area contributed by atoms with Gasteiger partial charge in [-0.25, -0.2) is 9.97 Å². The summed E-state index contributed by atoms with van der Waals surface area (Å²) < 4.78 is 0. The molecule has 1 aliphatic heterocycles. The number of hydrogen-bond donors (Lipinski definition) is 4. The van der Waals surface area contributed by atoms with Crippen LogP contribution in [0.1, 0.15) is 23.0 Å². The smallest absolute Gasteiger partial charge is 0.254 e. The minimum Gasteiger partial charge on any atom is -0.355 e. The van der Waals surface area contributed by atoms with E-state index in [1.54, 1.807) is 7.05 Å². The lowest BCUT2D eigenvalue weighted by Crippen LogP contribution is -2.38. The quantitative estimate of drug-likeness (QED) is 0.583. The van der Waals surface area contributed by atoms with Gasteiger partial charge in [-0.05, 0) is 6.92 Å². The maximum atomic E-state index is 12.3. The van der Waals surface area contributed by atoms with Crippen LogP contribution in [0.15, 0.2) is 36.5 Å². The van der Waals surface area contributed by atoms with Crippen molar-refractivity contribution in [2.75, 3.05) is 20.1 Å². The first-order valence-electron chi connectivity index (χ1n) is 8.99. The zero-order valence-electron chi connectivity index (χ0n) is 15.5. The van der Waals surface area contributed by atoms with E-state index in [4.69, 9.17) is 0 Å². The molecule has 1 aliphatic rings. The monoisotopic (exact) mass is 368 g/mol. The molecular weight excluding hydrogens is 344 g/mol. The third kappa shape index (κ3) is 4.47. The van der Waals surface area contributed by atoms with E-state index in [2.05, 4.69) is 31.5 Å². The molecule has 0 saturated carbocycles. The summed E-state index contributed by atoms with van der Waals surface area (Å²) in [6, 6.07) is 9.66. The molecule has 1 fully saturated rings. The average molecular weight is 368 g/mol. The van der Waals surface area contributed by atoms with Crippen LogP contribution in [-0.2, 0) is 11.2 Å². The van der Waals surface area contributed by atoms with E-state index in [-0.39, 0.29) is 23.8 Å². The molecule has 2 unspecified atom stereocenters. The molecule has 0 spiro atoms. The standard InChI is InChI=1S/C19H24N6O2/c1-12-14(11-23-25-12)19(27)21-9-8-16-15(18(26)20-2)10-22-17(24-16)13-6-4-3-5-7-13/h3-7,10,12,14,23,25H,8-9,11H2,1-2H3,(H,20,26)(H,21,27). The van der Waals surface area contributed by atoms with Crippen molar-refractivity contribution in [3.05, 3.63) is 47.8 Å². The van der Waals surface area contributed by atoms with E-state index in [0.29, 0.717) is 36.6 Å². The van der Waals surface area contributed by atoms with Crippen LogP contribution in [0.4, 0.5) is 0 Å². The summed E-state index contributed by atoms with van der Waals surface area (Å²) in [5.74, 6) is 0.184. The highest BCUT2D eigenvalue weighted by Gasteiger charge is 2.29.